The summed E-state index contributed by atoms with van der Waals surface area (Å²) >= 11 is 1.52. The molecule has 1 aliphatic rings. The average Bonchev–Trinajstić information content (AvgIpc) is 2.33. The zero-order valence-electron chi connectivity index (χ0n) is 12.2. The van der Waals surface area contributed by atoms with E-state index in [0.29, 0.717) is 17.6 Å². The maximum atomic E-state index is 11.6. The summed E-state index contributed by atoms with van der Waals surface area (Å²) in [4.78, 5) is 22.8. The first-order valence-electron chi connectivity index (χ1n) is 6.69. The standard InChI is InChI=1S/C13H23NO5S/c1-13(2,3)19-12(17)14-10(11(15)16)8-20-9-5-4-6-18-7-9/h9-10H,4-8H2,1-3H3,(H,14,17)(H,15,16). The van der Waals surface area contributed by atoms with Crippen molar-refractivity contribution in [3.63, 3.8) is 0 Å². The molecule has 0 bridgehead atoms. The van der Waals surface area contributed by atoms with Gasteiger partial charge in [0.05, 0.1) is 6.61 Å². The van der Waals surface area contributed by atoms with E-state index in [1.54, 1.807) is 20.8 Å². The molecule has 2 atom stereocenters. The number of thioether (sulfide) groups is 1. The molecule has 6 nitrogen and oxygen atoms in total. The van der Waals surface area contributed by atoms with Crippen LogP contribution in [0.15, 0.2) is 0 Å². The molecule has 116 valence electrons. The van der Waals surface area contributed by atoms with E-state index in [1.165, 1.54) is 11.8 Å². The molecule has 0 radical (unpaired) electrons. The lowest BCUT2D eigenvalue weighted by Gasteiger charge is -2.24. The van der Waals surface area contributed by atoms with Crippen molar-refractivity contribution in [2.24, 2.45) is 0 Å². The van der Waals surface area contributed by atoms with Gasteiger partial charge < -0.3 is 19.9 Å². The third-order valence-electron chi connectivity index (χ3n) is 2.61. The molecular weight excluding hydrogens is 282 g/mol. The summed E-state index contributed by atoms with van der Waals surface area (Å²) in [6, 6.07) is -0.947. The molecule has 0 aromatic heterocycles. The van der Waals surface area contributed by atoms with Crippen LogP contribution >= 0.6 is 11.8 Å². The topological polar surface area (TPSA) is 84.9 Å². The molecule has 0 aromatic carbocycles. The van der Waals surface area contributed by atoms with Gasteiger partial charge in [-0.15, -0.1) is 0 Å². The third kappa shape index (κ3) is 7.00. The molecule has 1 heterocycles. The quantitative estimate of drug-likeness (QED) is 0.806. The van der Waals surface area contributed by atoms with Crippen molar-refractivity contribution in [3.05, 3.63) is 0 Å². The van der Waals surface area contributed by atoms with E-state index < -0.39 is 23.7 Å². The molecule has 1 saturated heterocycles. The molecule has 1 fully saturated rings. The van der Waals surface area contributed by atoms with Gasteiger partial charge in [-0.3, -0.25) is 0 Å². The summed E-state index contributed by atoms with van der Waals surface area (Å²) in [6.45, 7) is 6.61. The lowest BCUT2D eigenvalue weighted by molar-refractivity contribution is -0.138. The lowest BCUT2D eigenvalue weighted by atomic mass is 10.2. The van der Waals surface area contributed by atoms with Crippen molar-refractivity contribution in [1.82, 2.24) is 5.32 Å². The van der Waals surface area contributed by atoms with Crippen molar-refractivity contribution in [3.8, 4) is 0 Å². The van der Waals surface area contributed by atoms with Gasteiger partial charge in [-0.1, -0.05) is 0 Å². The van der Waals surface area contributed by atoms with Gasteiger partial charge in [-0.05, 0) is 33.6 Å². The molecule has 0 aromatic rings. The number of carboxylic acids is 1. The van der Waals surface area contributed by atoms with Crippen LogP contribution in [0.2, 0.25) is 0 Å². The van der Waals surface area contributed by atoms with E-state index in [9.17, 15) is 9.59 Å². The maximum Gasteiger partial charge on any atom is 0.408 e. The zero-order valence-corrected chi connectivity index (χ0v) is 13.0. The molecule has 0 aliphatic carbocycles. The van der Waals surface area contributed by atoms with Crippen molar-refractivity contribution in [1.29, 1.82) is 0 Å². The minimum atomic E-state index is -1.06. The third-order valence-corrected chi connectivity index (χ3v) is 3.98. The number of alkyl carbamates (subject to hydrolysis) is 1. The number of carboxylic acid groups (broad SMARTS) is 1. The largest absolute Gasteiger partial charge is 0.480 e. The fourth-order valence-electron chi connectivity index (χ4n) is 1.70. The van der Waals surface area contributed by atoms with E-state index in [2.05, 4.69) is 5.32 Å². The summed E-state index contributed by atoms with van der Waals surface area (Å²) in [5.74, 6) is -0.747. The Balaban J connectivity index is 2.39. The number of carbonyl (C=O) groups excluding carboxylic acids is 1. The Morgan fingerprint density at radius 1 is 1.50 bits per heavy atom. The Kier molecular flexibility index (Phi) is 6.61. The molecule has 0 saturated carbocycles. The highest BCUT2D eigenvalue weighted by molar-refractivity contribution is 8.00. The van der Waals surface area contributed by atoms with Gasteiger partial charge in [0.15, 0.2) is 0 Å². The van der Waals surface area contributed by atoms with E-state index in [1.807, 2.05) is 0 Å². The van der Waals surface area contributed by atoms with Crippen LogP contribution in [0.3, 0.4) is 0 Å². The smallest absolute Gasteiger partial charge is 0.408 e. The fraction of sp³-hybridized carbons (Fsp3) is 0.846. The van der Waals surface area contributed by atoms with E-state index in [-0.39, 0.29) is 0 Å². The van der Waals surface area contributed by atoms with Crippen molar-refractivity contribution in [2.75, 3.05) is 19.0 Å². The number of aliphatic carboxylic acids is 1. The van der Waals surface area contributed by atoms with Crippen LogP contribution in [-0.2, 0) is 14.3 Å². The van der Waals surface area contributed by atoms with Crippen molar-refractivity contribution >= 4 is 23.8 Å². The number of rotatable bonds is 5. The van der Waals surface area contributed by atoms with Crippen LogP contribution in [0.4, 0.5) is 4.79 Å². The van der Waals surface area contributed by atoms with E-state index in [0.717, 1.165) is 19.4 Å². The highest BCUT2D eigenvalue weighted by atomic mass is 32.2. The van der Waals surface area contributed by atoms with Crippen LogP contribution in [-0.4, -0.2) is 53.0 Å². The Bertz CT molecular complexity index is 336. The minimum absolute atomic E-state index is 0.297. The predicted molar refractivity (Wildman–Crippen MR) is 77.1 cm³/mol. The summed E-state index contributed by atoms with van der Waals surface area (Å²) in [7, 11) is 0. The highest BCUT2D eigenvalue weighted by Crippen LogP contribution is 2.21. The van der Waals surface area contributed by atoms with Gasteiger partial charge in [0.1, 0.15) is 11.6 Å². The first kappa shape index (κ1) is 17.1. The van der Waals surface area contributed by atoms with Gasteiger partial charge in [-0.2, -0.15) is 11.8 Å². The van der Waals surface area contributed by atoms with Crippen LogP contribution < -0.4 is 5.32 Å². The number of hydrogen-bond acceptors (Lipinski definition) is 5. The molecule has 0 spiro atoms. The molecule has 2 unspecified atom stereocenters. The predicted octanol–water partition coefficient (Wildman–Crippen LogP) is 1.88. The molecular formula is C13H23NO5S. The molecule has 20 heavy (non-hydrogen) atoms. The van der Waals surface area contributed by atoms with Gasteiger partial charge >= 0.3 is 12.1 Å². The zero-order chi connectivity index (χ0) is 15.2. The van der Waals surface area contributed by atoms with Crippen molar-refractivity contribution in [2.45, 2.75) is 50.5 Å². The second kappa shape index (κ2) is 7.73. The van der Waals surface area contributed by atoms with Crippen LogP contribution in [0.1, 0.15) is 33.6 Å². The second-order valence-electron chi connectivity index (χ2n) is 5.71. The molecule has 1 aliphatic heterocycles. The highest BCUT2D eigenvalue weighted by Gasteiger charge is 2.25. The normalized spacial score (nSPS) is 21.1. The fourth-order valence-corrected chi connectivity index (χ4v) is 2.92. The number of amides is 1. The molecule has 2 N–H and O–H groups in total. The minimum Gasteiger partial charge on any atom is -0.480 e. The Hall–Kier alpha value is -0.950. The Morgan fingerprint density at radius 2 is 2.20 bits per heavy atom. The summed E-state index contributed by atoms with van der Waals surface area (Å²) < 4.78 is 10.4. The van der Waals surface area contributed by atoms with Crippen molar-refractivity contribution < 1.29 is 24.2 Å². The number of nitrogens with one attached hydrogen (secondary N) is 1. The number of ether oxygens (including phenoxy) is 2. The van der Waals surface area contributed by atoms with Crippen LogP contribution in [0.25, 0.3) is 0 Å². The van der Waals surface area contributed by atoms with Crippen LogP contribution in [0.5, 0.6) is 0 Å². The first-order valence-corrected chi connectivity index (χ1v) is 7.74. The SMILES string of the molecule is CC(C)(C)OC(=O)NC(CSC1CCCOC1)C(=O)O. The van der Waals surface area contributed by atoms with Crippen LogP contribution in [0, 0.1) is 0 Å². The summed E-state index contributed by atoms with van der Waals surface area (Å²) in [5, 5.41) is 11.8. The summed E-state index contributed by atoms with van der Waals surface area (Å²) in [6.07, 6.45) is 1.31. The van der Waals surface area contributed by atoms with Gasteiger partial charge in [-0.25, -0.2) is 9.59 Å². The second-order valence-corrected chi connectivity index (χ2v) is 7.04. The van der Waals surface area contributed by atoms with E-state index in [4.69, 9.17) is 14.6 Å². The molecule has 1 rings (SSSR count). The monoisotopic (exact) mass is 305 g/mol. The Morgan fingerprint density at radius 3 is 2.70 bits per heavy atom. The van der Waals surface area contributed by atoms with E-state index >= 15 is 0 Å². The Labute approximate surface area is 123 Å². The van der Waals surface area contributed by atoms with Gasteiger partial charge in [0.2, 0.25) is 0 Å². The lowest BCUT2D eigenvalue weighted by Crippen LogP contribution is -2.45. The summed E-state index contributed by atoms with van der Waals surface area (Å²) in [5.41, 5.74) is -0.641. The van der Waals surface area contributed by atoms with Gasteiger partial charge in [0, 0.05) is 17.6 Å². The number of hydrogen-bond donors (Lipinski definition) is 2. The molecule has 7 heteroatoms. The number of carbonyl (C=O) groups is 2. The average molecular weight is 305 g/mol. The maximum absolute atomic E-state index is 11.6. The molecule has 1 amide bonds. The van der Waals surface area contributed by atoms with Gasteiger partial charge in [0.25, 0.3) is 0 Å². The first-order chi connectivity index (χ1) is 9.28.